The summed E-state index contributed by atoms with van der Waals surface area (Å²) in [5.41, 5.74) is 0.825. The van der Waals surface area contributed by atoms with Crippen molar-refractivity contribution < 1.29 is 13.3 Å². The van der Waals surface area contributed by atoms with Crippen LogP contribution in [-0.2, 0) is 10.0 Å². The molecule has 23 heavy (non-hydrogen) atoms. The maximum Gasteiger partial charge on any atom is 0.289 e. The summed E-state index contributed by atoms with van der Waals surface area (Å²) < 4.78 is 27.4. The number of hydrogen-bond acceptors (Lipinski definition) is 4. The van der Waals surface area contributed by atoms with Crippen molar-refractivity contribution in [2.45, 2.75) is 24.7 Å². The van der Waals surface area contributed by atoms with Crippen molar-refractivity contribution in [1.29, 1.82) is 0 Å². The highest BCUT2D eigenvalue weighted by Crippen LogP contribution is 2.30. The Morgan fingerprint density at radius 1 is 1.17 bits per heavy atom. The third-order valence-corrected chi connectivity index (χ3v) is 4.93. The average molecular weight is 355 g/mol. The fraction of sp³-hybridized carbons (Fsp3) is 0.200. The number of nitrogens with zero attached hydrogens (tertiary/aromatic N) is 1. The highest BCUT2D eigenvalue weighted by Gasteiger charge is 2.21. The van der Waals surface area contributed by atoms with Crippen LogP contribution in [0, 0.1) is 10.1 Å². The van der Waals surface area contributed by atoms with Crippen LogP contribution >= 0.6 is 11.6 Å². The first-order chi connectivity index (χ1) is 10.7. The fourth-order valence-electron chi connectivity index (χ4n) is 2.10. The highest BCUT2D eigenvalue weighted by atomic mass is 35.5. The maximum absolute atomic E-state index is 12.5. The zero-order chi connectivity index (χ0) is 17.2. The molecule has 2 aromatic carbocycles. The predicted octanol–water partition coefficient (Wildman–Crippen LogP) is 4.17. The van der Waals surface area contributed by atoms with E-state index in [9.17, 15) is 18.5 Å². The molecule has 0 aliphatic rings. The highest BCUT2D eigenvalue weighted by molar-refractivity contribution is 7.92. The number of para-hydroxylation sites is 1. The van der Waals surface area contributed by atoms with E-state index in [-0.39, 0.29) is 15.8 Å². The zero-order valence-corrected chi connectivity index (χ0v) is 14.1. The van der Waals surface area contributed by atoms with Crippen molar-refractivity contribution in [3.05, 3.63) is 63.2 Å². The molecule has 0 aromatic heterocycles. The third-order valence-electron chi connectivity index (χ3n) is 3.25. The Balaban J connectivity index is 2.45. The number of hydrogen-bond donors (Lipinski definition) is 1. The summed E-state index contributed by atoms with van der Waals surface area (Å²) in [5, 5.41) is 10.8. The molecule has 2 rings (SSSR count). The van der Waals surface area contributed by atoms with E-state index in [0.717, 1.165) is 11.6 Å². The second-order valence-corrected chi connectivity index (χ2v) is 7.31. The maximum atomic E-state index is 12.5. The molecule has 0 aliphatic heterocycles. The van der Waals surface area contributed by atoms with Gasteiger partial charge in [0.2, 0.25) is 0 Å². The van der Waals surface area contributed by atoms with Gasteiger partial charge in [-0.15, -0.1) is 0 Å². The number of nitro groups is 1. The van der Waals surface area contributed by atoms with Crippen molar-refractivity contribution in [2.24, 2.45) is 0 Å². The molecule has 0 bridgehead atoms. The molecule has 0 atom stereocenters. The number of rotatable bonds is 5. The molecule has 0 unspecified atom stereocenters. The number of nitro benzene ring substituents is 1. The Bertz CT molecular complexity index is 850. The van der Waals surface area contributed by atoms with Crippen LogP contribution in [0.5, 0.6) is 0 Å². The smallest absolute Gasteiger partial charge is 0.279 e. The SMILES string of the molecule is CC(C)c1ccccc1NS(=O)(=O)c1ccc(Cl)c([N+](=O)[O-])c1. The summed E-state index contributed by atoms with van der Waals surface area (Å²) in [5.74, 6) is 0.119. The molecule has 6 nitrogen and oxygen atoms in total. The van der Waals surface area contributed by atoms with Gasteiger partial charge in [0.1, 0.15) is 5.02 Å². The summed E-state index contributed by atoms with van der Waals surface area (Å²) in [4.78, 5) is 9.97. The van der Waals surface area contributed by atoms with Crippen molar-refractivity contribution in [3.63, 3.8) is 0 Å². The van der Waals surface area contributed by atoms with Gasteiger partial charge in [0, 0.05) is 6.07 Å². The topological polar surface area (TPSA) is 89.3 Å². The Morgan fingerprint density at radius 2 is 1.83 bits per heavy atom. The molecule has 0 radical (unpaired) electrons. The number of benzene rings is 2. The van der Waals surface area contributed by atoms with E-state index in [4.69, 9.17) is 11.6 Å². The van der Waals surface area contributed by atoms with E-state index in [1.54, 1.807) is 12.1 Å². The quantitative estimate of drug-likeness (QED) is 0.644. The molecule has 8 heteroatoms. The Morgan fingerprint density at radius 3 is 2.43 bits per heavy atom. The first kappa shape index (κ1) is 17.2. The van der Waals surface area contributed by atoms with Gasteiger partial charge in [-0.25, -0.2) is 8.42 Å². The van der Waals surface area contributed by atoms with Gasteiger partial charge < -0.3 is 0 Å². The van der Waals surface area contributed by atoms with Crippen LogP contribution in [0.4, 0.5) is 11.4 Å². The van der Waals surface area contributed by atoms with E-state index in [1.165, 1.54) is 12.1 Å². The minimum atomic E-state index is -3.96. The van der Waals surface area contributed by atoms with Gasteiger partial charge in [-0.05, 0) is 29.7 Å². The van der Waals surface area contributed by atoms with Gasteiger partial charge >= 0.3 is 0 Å². The minimum Gasteiger partial charge on any atom is -0.279 e. The minimum absolute atomic E-state index is 0.114. The molecule has 0 fully saturated rings. The van der Waals surface area contributed by atoms with E-state index in [2.05, 4.69) is 4.72 Å². The average Bonchev–Trinajstić information content (AvgIpc) is 2.47. The monoisotopic (exact) mass is 354 g/mol. The summed E-state index contributed by atoms with van der Waals surface area (Å²) in [7, 11) is -3.96. The van der Waals surface area contributed by atoms with Gasteiger partial charge in [-0.1, -0.05) is 43.6 Å². The molecule has 2 aromatic rings. The van der Waals surface area contributed by atoms with Crippen molar-refractivity contribution in [3.8, 4) is 0 Å². The molecule has 122 valence electrons. The van der Waals surface area contributed by atoms with E-state index in [1.807, 2.05) is 26.0 Å². The summed E-state index contributed by atoms with van der Waals surface area (Å²) >= 11 is 5.71. The number of nitrogens with one attached hydrogen (secondary N) is 1. The van der Waals surface area contributed by atoms with Crippen LogP contribution in [0.2, 0.25) is 5.02 Å². The molecule has 0 heterocycles. The number of halogens is 1. The van der Waals surface area contributed by atoms with Gasteiger partial charge in [-0.3, -0.25) is 14.8 Å². The Hall–Kier alpha value is -2.12. The first-order valence-corrected chi connectivity index (χ1v) is 8.64. The molecule has 0 saturated carbocycles. The molecule has 0 saturated heterocycles. The molecule has 0 aliphatic carbocycles. The first-order valence-electron chi connectivity index (χ1n) is 6.78. The lowest BCUT2D eigenvalue weighted by atomic mass is 10.0. The van der Waals surface area contributed by atoms with Crippen LogP contribution in [0.25, 0.3) is 0 Å². The second-order valence-electron chi connectivity index (χ2n) is 5.22. The molecule has 0 amide bonds. The van der Waals surface area contributed by atoms with Crippen LogP contribution < -0.4 is 4.72 Å². The Kier molecular flexibility index (Phi) is 4.91. The van der Waals surface area contributed by atoms with Crippen molar-refractivity contribution in [1.82, 2.24) is 0 Å². The summed E-state index contributed by atoms with van der Waals surface area (Å²) in [6, 6.07) is 10.4. The van der Waals surface area contributed by atoms with Crippen LogP contribution in [0.1, 0.15) is 25.3 Å². The number of anilines is 1. The van der Waals surface area contributed by atoms with Gasteiger partial charge in [-0.2, -0.15) is 0 Å². The predicted molar refractivity (Wildman–Crippen MR) is 89.4 cm³/mol. The third kappa shape index (κ3) is 3.80. The molecular weight excluding hydrogens is 340 g/mol. The van der Waals surface area contributed by atoms with E-state index >= 15 is 0 Å². The van der Waals surface area contributed by atoms with Crippen LogP contribution in [0.15, 0.2) is 47.4 Å². The summed E-state index contributed by atoms with van der Waals surface area (Å²) in [6.07, 6.45) is 0. The van der Waals surface area contributed by atoms with Gasteiger partial charge in [0.15, 0.2) is 0 Å². The zero-order valence-electron chi connectivity index (χ0n) is 12.5. The normalized spacial score (nSPS) is 11.5. The molecular formula is C15H15ClN2O4S. The van der Waals surface area contributed by atoms with Crippen molar-refractivity contribution in [2.75, 3.05) is 4.72 Å². The standard InChI is InChI=1S/C15H15ClN2O4S/c1-10(2)12-5-3-4-6-14(12)17-23(21,22)11-7-8-13(16)15(9-11)18(19)20/h3-10,17H,1-2H3. The fourth-order valence-corrected chi connectivity index (χ4v) is 3.39. The Labute approximate surface area is 139 Å². The van der Waals surface area contributed by atoms with E-state index in [0.29, 0.717) is 5.69 Å². The lowest BCUT2D eigenvalue weighted by Crippen LogP contribution is -2.14. The second kappa shape index (κ2) is 6.55. The summed E-state index contributed by atoms with van der Waals surface area (Å²) in [6.45, 7) is 3.89. The largest absolute Gasteiger partial charge is 0.289 e. The van der Waals surface area contributed by atoms with Crippen LogP contribution in [-0.4, -0.2) is 13.3 Å². The van der Waals surface area contributed by atoms with Gasteiger partial charge in [0.05, 0.1) is 15.5 Å². The lowest BCUT2D eigenvalue weighted by molar-refractivity contribution is -0.384. The van der Waals surface area contributed by atoms with Gasteiger partial charge in [0.25, 0.3) is 15.7 Å². The lowest BCUT2D eigenvalue weighted by Gasteiger charge is -2.14. The van der Waals surface area contributed by atoms with E-state index < -0.39 is 20.6 Å². The number of sulfonamides is 1. The van der Waals surface area contributed by atoms with Crippen LogP contribution in [0.3, 0.4) is 0 Å². The molecule has 0 spiro atoms. The molecule has 1 N–H and O–H groups in total. The van der Waals surface area contributed by atoms with Crippen molar-refractivity contribution >= 4 is 33.0 Å².